The molecule has 0 aliphatic carbocycles. The predicted octanol–water partition coefficient (Wildman–Crippen LogP) is 3.83. The third-order valence-electron chi connectivity index (χ3n) is 4.85. The Morgan fingerprint density at radius 2 is 1.93 bits per heavy atom. The highest BCUT2D eigenvalue weighted by atomic mass is 32.2. The van der Waals surface area contributed by atoms with Crippen LogP contribution in [0.2, 0.25) is 0 Å². The van der Waals surface area contributed by atoms with Gasteiger partial charge >= 0.3 is 0 Å². The number of nitrogens with one attached hydrogen (secondary N) is 1. The van der Waals surface area contributed by atoms with Gasteiger partial charge in [-0.15, -0.1) is 0 Å². The third-order valence-corrected chi connectivity index (χ3v) is 5.67. The number of para-hydroxylation sites is 1. The number of imide groups is 1. The summed E-state index contributed by atoms with van der Waals surface area (Å²) < 4.78 is 5.90. The van der Waals surface area contributed by atoms with Gasteiger partial charge in [-0.3, -0.25) is 14.9 Å². The minimum atomic E-state index is -0.351. The molecule has 2 aromatic carbocycles. The lowest BCUT2D eigenvalue weighted by molar-refractivity contribution is -0.115. The van der Waals surface area contributed by atoms with Gasteiger partial charge in [0.05, 0.1) is 16.5 Å². The molecule has 2 aliphatic heterocycles. The molecule has 1 N–H and O–H groups in total. The Labute approximate surface area is 171 Å². The van der Waals surface area contributed by atoms with E-state index in [1.807, 2.05) is 48.5 Å². The molecule has 0 radical (unpaired) electrons. The Hall–Kier alpha value is -3.32. The van der Waals surface area contributed by atoms with E-state index in [9.17, 15) is 9.59 Å². The maximum Gasteiger partial charge on any atom is 0.290 e. The van der Waals surface area contributed by atoms with Gasteiger partial charge in [0.15, 0.2) is 0 Å². The van der Waals surface area contributed by atoms with Crippen molar-refractivity contribution in [3.05, 3.63) is 71.1 Å². The Morgan fingerprint density at radius 1 is 1.10 bits per heavy atom. The number of pyridine rings is 1. The summed E-state index contributed by atoms with van der Waals surface area (Å²) in [6.45, 7) is 1.51. The standard InChI is InChI=1S/C22H17N3O3S/c26-21-19(29-22(27)24-21)11-14-5-8-17(9-6-14)28-13-16-12-25(16)20-10-7-15-3-1-2-4-18(15)23-20/h1-11,16H,12-13H2,(H,24,26,27). The number of nitrogens with zero attached hydrogens (tertiary/aromatic N) is 2. The number of hydrogen-bond donors (Lipinski definition) is 1. The summed E-state index contributed by atoms with van der Waals surface area (Å²) in [5.74, 6) is 1.39. The van der Waals surface area contributed by atoms with Gasteiger partial charge in [-0.1, -0.05) is 30.3 Å². The smallest absolute Gasteiger partial charge is 0.290 e. The fraction of sp³-hybridized carbons (Fsp3) is 0.136. The van der Waals surface area contributed by atoms with Crippen LogP contribution in [0.25, 0.3) is 17.0 Å². The Kier molecular flexibility index (Phi) is 4.44. The van der Waals surface area contributed by atoms with Crippen molar-refractivity contribution in [3.8, 4) is 5.75 Å². The highest BCUT2D eigenvalue weighted by Gasteiger charge is 2.35. The lowest BCUT2D eigenvalue weighted by atomic mass is 10.2. The zero-order valence-corrected chi connectivity index (χ0v) is 16.2. The number of carbonyl (C=O) groups excluding carboxylic acids is 2. The maximum atomic E-state index is 11.6. The first-order valence-corrected chi connectivity index (χ1v) is 10.1. The molecule has 5 rings (SSSR count). The first kappa shape index (κ1) is 17.8. The topological polar surface area (TPSA) is 71.3 Å². The van der Waals surface area contributed by atoms with Gasteiger partial charge in [-0.05, 0) is 53.7 Å². The molecular formula is C22H17N3O3S. The van der Waals surface area contributed by atoms with Crippen molar-refractivity contribution in [2.45, 2.75) is 6.04 Å². The maximum absolute atomic E-state index is 11.6. The van der Waals surface area contributed by atoms with Gasteiger partial charge in [0.2, 0.25) is 0 Å². The van der Waals surface area contributed by atoms with Crippen molar-refractivity contribution in [1.29, 1.82) is 0 Å². The van der Waals surface area contributed by atoms with E-state index in [0.29, 0.717) is 17.6 Å². The molecule has 1 unspecified atom stereocenters. The molecule has 7 heteroatoms. The van der Waals surface area contributed by atoms with Gasteiger partial charge in [0.25, 0.3) is 11.1 Å². The molecule has 1 atom stereocenters. The number of benzene rings is 2. The number of anilines is 1. The van der Waals surface area contributed by atoms with Crippen LogP contribution in [0.15, 0.2) is 65.6 Å². The van der Waals surface area contributed by atoms with Gasteiger partial charge in [-0.25, -0.2) is 4.98 Å². The number of amides is 2. The first-order valence-electron chi connectivity index (χ1n) is 9.26. The normalized spacial score (nSPS) is 19.7. The number of thioether (sulfide) groups is 1. The van der Waals surface area contributed by atoms with Crippen molar-refractivity contribution in [2.24, 2.45) is 0 Å². The Bertz CT molecular complexity index is 1140. The summed E-state index contributed by atoms with van der Waals surface area (Å²) in [6, 6.07) is 20.0. The van der Waals surface area contributed by atoms with Gasteiger partial charge < -0.3 is 9.64 Å². The Morgan fingerprint density at radius 3 is 2.72 bits per heavy atom. The molecule has 3 aromatic rings. The van der Waals surface area contributed by atoms with E-state index >= 15 is 0 Å². The molecule has 6 nitrogen and oxygen atoms in total. The predicted molar refractivity (Wildman–Crippen MR) is 114 cm³/mol. The van der Waals surface area contributed by atoms with E-state index in [2.05, 4.69) is 22.3 Å². The molecule has 3 heterocycles. The highest BCUT2D eigenvalue weighted by Crippen LogP contribution is 2.29. The van der Waals surface area contributed by atoms with Crippen LogP contribution in [-0.2, 0) is 4.79 Å². The minimum absolute atomic E-state index is 0.315. The van der Waals surface area contributed by atoms with Gasteiger partial charge in [-0.2, -0.15) is 0 Å². The molecule has 2 saturated heterocycles. The van der Waals surface area contributed by atoms with Crippen LogP contribution >= 0.6 is 11.8 Å². The largest absolute Gasteiger partial charge is 0.491 e. The molecule has 1 aromatic heterocycles. The van der Waals surface area contributed by atoms with Crippen LogP contribution in [0.5, 0.6) is 5.75 Å². The summed E-state index contributed by atoms with van der Waals surface area (Å²) in [5, 5.41) is 3.05. The van der Waals surface area contributed by atoms with E-state index < -0.39 is 0 Å². The lowest BCUT2D eigenvalue weighted by Crippen LogP contribution is -2.17. The van der Waals surface area contributed by atoms with Crippen LogP contribution in [0.3, 0.4) is 0 Å². The second-order valence-corrected chi connectivity index (χ2v) is 7.92. The fourth-order valence-corrected chi connectivity index (χ4v) is 3.93. The lowest BCUT2D eigenvalue weighted by Gasteiger charge is -2.08. The second-order valence-electron chi connectivity index (χ2n) is 6.90. The van der Waals surface area contributed by atoms with E-state index in [4.69, 9.17) is 9.72 Å². The number of ether oxygens (including phenoxy) is 1. The second kappa shape index (κ2) is 7.25. The molecule has 2 fully saturated rings. The zero-order chi connectivity index (χ0) is 19.8. The van der Waals surface area contributed by atoms with Crippen LogP contribution in [-0.4, -0.2) is 35.3 Å². The average molecular weight is 403 g/mol. The minimum Gasteiger partial charge on any atom is -0.491 e. The van der Waals surface area contributed by atoms with Gasteiger partial charge in [0.1, 0.15) is 18.2 Å². The summed E-state index contributed by atoms with van der Waals surface area (Å²) in [7, 11) is 0. The van der Waals surface area contributed by atoms with Crippen LogP contribution in [0.1, 0.15) is 5.56 Å². The van der Waals surface area contributed by atoms with E-state index in [1.54, 1.807) is 6.08 Å². The molecule has 0 bridgehead atoms. The zero-order valence-electron chi connectivity index (χ0n) is 15.4. The number of aromatic nitrogens is 1. The van der Waals surface area contributed by atoms with Crippen molar-refractivity contribution >= 4 is 45.7 Å². The van der Waals surface area contributed by atoms with E-state index in [0.717, 1.165) is 46.3 Å². The van der Waals surface area contributed by atoms with Crippen molar-refractivity contribution in [1.82, 2.24) is 10.3 Å². The quantitative estimate of drug-likeness (QED) is 0.516. The SMILES string of the molecule is O=C1NC(=O)C(=Cc2ccc(OCC3CN3c3ccc4ccccc4n3)cc2)S1. The number of hydrogen-bond acceptors (Lipinski definition) is 6. The molecular weight excluding hydrogens is 386 g/mol. The average Bonchev–Trinajstić information content (AvgIpc) is 3.45. The molecule has 29 heavy (non-hydrogen) atoms. The van der Waals surface area contributed by atoms with E-state index in [1.165, 1.54) is 0 Å². The first-order chi connectivity index (χ1) is 14.2. The van der Waals surface area contributed by atoms with E-state index in [-0.39, 0.29) is 11.1 Å². The monoisotopic (exact) mass is 403 g/mol. The van der Waals surface area contributed by atoms with Crippen LogP contribution in [0, 0.1) is 0 Å². The Balaban J connectivity index is 1.18. The van der Waals surface area contributed by atoms with Crippen molar-refractivity contribution < 1.29 is 14.3 Å². The van der Waals surface area contributed by atoms with Crippen molar-refractivity contribution in [2.75, 3.05) is 18.1 Å². The molecule has 2 amide bonds. The van der Waals surface area contributed by atoms with Crippen LogP contribution < -0.4 is 15.0 Å². The summed E-state index contributed by atoms with van der Waals surface area (Å²) in [6.07, 6.45) is 1.70. The van der Waals surface area contributed by atoms with Crippen molar-refractivity contribution in [3.63, 3.8) is 0 Å². The highest BCUT2D eigenvalue weighted by molar-refractivity contribution is 8.18. The summed E-state index contributed by atoms with van der Waals surface area (Å²) in [5.41, 5.74) is 1.84. The van der Waals surface area contributed by atoms with Crippen LogP contribution in [0.4, 0.5) is 10.6 Å². The molecule has 2 aliphatic rings. The molecule has 0 saturated carbocycles. The molecule has 144 valence electrons. The summed E-state index contributed by atoms with van der Waals surface area (Å²) in [4.78, 5) is 30.2. The van der Waals surface area contributed by atoms with Gasteiger partial charge in [0, 0.05) is 11.9 Å². The third kappa shape index (κ3) is 3.82. The fourth-order valence-electron chi connectivity index (χ4n) is 3.24. The number of rotatable bonds is 5. The number of carbonyl (C=O) groups is 2. The molecule has 0 spiro atoms. The number of fused-ring (bicyclic) bond motifs is 1. The summed E-state index contributed by atoms with van der Waals surface area (Å²) >= 11 is 0.913.